The minimum atomic E-state index is -0.153. The van der Waals surface area contributed by atoms with Gasteiger partial charge in [0.1, 0.15) is 5.82 Å². The maximum absolute atomic E-state index is 14.7. The molecule has 0 bridgehead atoms. The summed E-state index contributed by atoms with van der Waals surface area (Å²) in [6.07, 6.45) is 0. The summed E-state index contributed by atoms with van der Waals surface area (Å²) >= 11 is 0. The van der Waals surface area contributed by atoms with Gasteiger partial charge in [-0.25, -0.2) is 4.39 Å². The van der Waals surface area contributed by atoms with Crippen LogP contribution in [0.5, 0.6) is 0 Å². The van der Waals surface area contributed by atoms with Crippen LogP contribution in [0.2, 0.25) is 0 Å². The molecule has 0 saturated carbocycles. The minimum absolute atomic E-state index is 0.0177. The molecule has 0 aliphatic heterocycles. The number of hydrogen-bond acceptors (Lipinski definition) is 0. The molecule has 0 aliphatic rings. The molecule has 1 heteroatoms. The lowest BCUT2D eigenvalue weighted by molar-refractivity contribution is 0.501. The average Bonchev–Trinajstić information content (AvgIpc) is 2.10. The fourth-order valence-electron chi connectivity index (χ4n) is 3.13. The van der Waals surface area contributed by atoms with Crippen molar-refractivity contribution in [2.75, 3.05) is 0 Å². The quantitative estimate of drug-likeness (QED) is 0.582. The van der Waals surface area contributed by atoms with Crippen molar-refractivity contribution >= 4 is 0 Å². The van der Waals surface area contributed by atoms with Gasteiger partial charge in [-0.15, -0.1) is 0 Å². The fourth-order valence-corrected chi connectivity index (χ4v) is 3.13. The highest BCUT2D eigenvalue weighted by molar-refractivity contribution is 5.50. The second-order valence-electron chi connectivity index (χ2n) is 7.44. The van der Waals surface area contributed by atoms with Crippen LogP contribution >= 0.6 is 0 Å². The highest BCUT2D eigenvalue weighted by atomic mass is 19.1. The van der Waals surface area contributed by atoms with Crippen molar-refractivity contribution in [2.45, 2.75) is 73.1 Å². The van der Waals surface area contributed by atoms with Crippen molar-refractivity contribution in [1.82, 2.24) is 0 Å². The number of benzene rings is 1. The molecule has 0 N–H and O–H groups in total. The molecule has 0 saturated heterocycles. The van der Waals surface area contributed by atoms with Gasteiger partial charge in [-0.05, 0) is 59.4 Å². The van der Waals surface area contributed by atoms with Crippen LogP contribution < -0.4 is 0 Å². The third kappa shape index (κ3) is 2.46. The van der Waals surface area contributed by atoms with Crippen LogP contribution in [-0.2, 0) is 10.8 Å². The van der Waals surface area contributed by atoms with Gasteiger partial charge in [0.2, 0.25) is 0 Å². The summed E-state index contributed by atoms with van der Waals surface area (Å²) in [7, 11) is 0. The molecule has 0 spiro atoms. The first-order valence-electron chi connectivity index (χ1n) is 6.69. The first-order chi connectivity index (χ1) is 7.89. The predicted octanol–water partition coefficient (Wildman–Crippen LogP) is 5.35. The van der Waals surface area contributed by atoms with E-state index in [1.165, 1.54) is 5.56 Å². The summed E-state index contributed by atoms with van der Waals surface area (Å²) in [4.78, 5) is 0. The van der Waals surface area contributed by atoms with E-state index in [4.69, 9.17) is 0 Å². The zero-order valence-corrected chi connectivity index (χ0v) is 13.4. The third-order valence-electron chi connectivity index (χ3n) is 3.74. The monoisotopic (exact) mass is 250 g/mol. The third-order valence-corrected chi connectivity index (χ3v) is 3.74. The van der Waals surface area contributed by atoms with E-state index in [1.807, 2.05) is 13.8 Å². The second kappa shape index (κ2) is 4.36. The van der Waals surface area contributed by atoms with E-state index in [1.54, 1.807) is 0 Å². The summed E-state index contributed by atoms with van der Waals surface area (Å²) in [5, 5.41) is 0. The molecule has 0 atom stereocenters. The molecule has 0 radical (unpaired) electrons. The van der Waals surface area contributed by atoms with E-state index in [0.29, 0.717) is 0 Å². The Hall–Kier alpha value is -0.850. The SMILES string of the molecule is Cc1c(C)c(C(C)(C)C)c(F)c(C)c1C(C)(C)C. The van der Waals surface area contributed by atoms with E-state index >= 15 is 0 Å². The topological polar surface area (TPSA) is 0 Å². The molecule has 1 aromatic rings. The largest absolute Gasteiger partial charge is 0.206 e. The van der Waals surface area contributed by atoms with Crippen molar-refractivity contribution in [2.24, 2.45) is 0 Å². The van der Waals surface area contributed by atoms with Crippen LogP contribution in [0.15, 0.2) is 0 Å². The lowest BCUT2D eigenvalue weighted by Gasteiger charge is -2.31. The highest BCUT2D eigenvalue weighted by Gasteiger charge is 2.29. The van der Waals surface area contributed by atoms with Gasteiger partial charge < -0.3 is 0 Å². The van der Waals surface area contributed by atoms with Crippen LogP contribution in [0.4, 0.5) is 4.39 Å². The van der Waals surface area contributed by atoms with Crippen molar-refractivity contribution in [1.29, 1.82) is 0 Å². The molecule has 0 unspecified atom stereocenters. The van der Waals surface area contributed by atoms with E-state index in [-0.39, 0.29) is 16.6 Å². The van der Waals surface area contributed by atoms with Crippen LogP contribution in [-0.4, -0.2) is 0 Å². The molecule has 102 valence electrons. The molecule has 0 nitrogen and oxygen atoms in total. The molecule has 0 fully saturated rings. The molecule has 0 aliphatic carbocycles. The van der Waals surface area contributed by atoms with E-state index in [0.717, 1.165) is 22.3 Å². The first kappa shape index (κ1) is 15.2. The Labute approximate surface area is 112 Å². The molecular formula is C17H27F. The van der Waals surface area contributed by atoms with E-state index in [2.05, 4.69) is 48.5 Å². The summed E-state index contributed by atoms with van der Waals surface area (Å²) in [6, 6.07) is 0. The van der Waals surface area contributed by atoms with Crippen molar-refractivity contribution in [3.8, 4) is 0 Å². The van der Waals surface area contributed by atoms with Gasteiger partial charge in [-0.1, -0.05) is 41.5 Å². The van der Waals surface area contributed by atoms with Gasteiger partial charge >= 0.3 is 0 Å². The van der Waals surface area contributed by atoms with Crippen LogP contribution in [0.25, 0.3) is 0 Å². The van der Waals surface area contributed by atoms with Crippen LogP contribution in [0.1, 0.15) is 69.4 Å². The molecule has 1 rings (SSSR count). The smallest absolute Gasteiger partial charge is 0.130 e. The molecule has 18 heavy (non-hydrogen) atoms. The van der Waals surface area contributed by atoms with Gasteiger partial charge in [0.05, 0.1) is 0 Å². The lowest BCUT2D eigenvalue weighted by atomic mass is 9.74. The Kier molecular flexibility index (Phi) is 3.69. The highest BCUT2D eigenvalue weighted by Crippen LogP contribution is 2.38. The predicted molar refractivity (Wildman–Crippen MR) is 78.0 cm³/mol. The van der Waals surface area contributed by atoms with Crippen molar-refractivity contribution in [3.63, 3.8) is 0 Å². The molecule has 0 heterocycles. The van der Waals surface area contributed by atoms with Crippen molar-refractivity contribution < 1.29 is 4.39 Å². The minimum Gasteiger partial charge on any atom is -0.206 e. The van der Waals surface area contributed by atoms with Crippen molar-refractivity contribution in [3.05, 3.63) is 33.6 Å². The van der Waals surface area contributed by atoms with E-state index in [9.17, 15) is 4.39 Å². The summed E-state index contributed by atoms with van der Waals surface area (Å²) < 4.78 is 14.7. The summed E-state index contributed by atoms with van der Waals surface area (Å²) in [5.41, 5.74) is 5.02. The zero-order valence-electron chi connectivity index (χ0n) is 13.4. The van der Waals surface area contributed by atoms with Gasteiger partial charge in [0.25, 0.3) is 0 Å². The molecule has 0 aromatic heterocycles. The Morgan fingerprint density at radius 1 is 0.611 bits per heavy atom. The average molecular weight is 250 g/mol. The summed E-state index contributed by atoms with van der Waals surface area (Å²) in [6.45, 7) is 18.8. The number of halogens is 1. The molecule has 1 aromatic carbocycles. The Bertz CT molecular complexity index is 394. The maximum atomic E-state index is 14.7. The Balaban J connectivity index is 3.79. The Morgan fingerprint density at radius 3 is 1.28 bits per heavy atom. The number of hydrogen-bond donors (Lipinski definition) is 0. The van der Waals surface area contributed by atoms with E-state index < -0.39 is 0 Å². The molecule has 0 amide bonds. The van der Waals surface area contributed by atoms with Gasteiger partial charge in [-0.3, -0.25) is 0 Å². The van der Waals surface area contributed by atoms with Crippen LogP contribution in [0.3, 0.4) is 0 Å². The van der Waals surface area contributed by atoms with Crippen LogP contribution in [0, 0.1) is 26.6 Å². The lowest BCUT2D eigenvalue weighted by Crippen LogP contribution is -2.23. The van der Waals surface area contributed by atoms with Gasteiger partial charge in [-0.2, -0.15) is 0 Å². The van der Waals surface area contributed by atoms with Gasteiger partial charge in [0.15, 0.2) is 0 Å². The maximum Gasteiger partial charge on any atom is 0.130 e. The normalized spacial score (nSPS) is 13.0. The fraction of sp³-hybridized carbons (Fsp3) is 0.647. The van der Waals surface area contributed by atoms with Gasteiger partial charge in [0, 0.05) is 0 Å². The zero-order chi connectivity index (χ0) is 14.5. The summed E-state index contributed by atoms with van der Waals surface area (Å²) in [5.74, 6) is -0.0180. The molecular weight excluding hydrogens is 223 g/mol. The Morgan fingerprint density at radius 2 is 0.944 bits per heavy atom. The standard InChI is InChI=1S/C17H27F/c1-10-11(2)14(17(7,8)9)15(18)12(3)13(10)16(4,5)6/h1-9H3. The second-order valence-corrected chi connectivity index (χ2v) is 7.44. The number of rotatable bonds is 0. The first-order valence-corrected chi connectivity index (χ1v) is 6.69.